The van der Waals surface area contributed by atoms with Gasteiger partial charge < -0.3 is 15.3 Å². The number of aliphatic hydroxyl groups excluding tert-OH is 1. The van der Waals surface area contributed by atoms with Crippen molar-refractivity contribution in [2.24, 2.45) is 11.8 Å². The van der Waals surface area contributed by atoms with E-state index >= 15 is 0 Å². The quantitative estimate of drug-likeness (QED) is 0.815. The Labute approximate surface area is 135 Å². The second kappa shape index (κ2) is 8.16. The average Bonchev–Trinajstić information content (AvgIpc) is 2.90. The average molecular weight is 311 g/mol. The summed E-state index contributed by atoms with van der Waals surface area (Å²) in [5, 5.41) is 12.9. The van der Waals surface area contributed by atoms with E-state index < -0.39 is 0 Å². The molecule has 2 N–H and O–H groups in total. The smallest absolute Gasteiger partial charge is 0.317 e. The SMILES string of the molecule is CC1CCN(C(C)CNC(=O)N(C)CC2CCCC2O)CC1. The summed E-state index contributed by atoms with van der Waals surface area (Å²) < 4.78 is 0. The number of hydrogen-bond acceptors (Lipinski definition) is 3. The number of rotatable bonds is 5. The molecule has 0 radical (unpaired) electrons. The number of aliphatic hydroxyl groups is 1. The van der Waals surface area contributed by atoms with E-state index in [0.29, 0.717) is 19.1 Å². The molecule has 22 heavy (non-hydrogen) atoms. The second-order valence-electron chi connectivity index (χ2n) is 7.39. The third kappa shape index (κ3) is 4.85. The van der Waals surface area contributed by atoms with Crippen LogP contribution in [0.2, 0.25) is 0 Å². The Bertz CT molecular complexity index is 356. The molecule has 1 heterocycles. The van der Waals surface area contributed by atoms with E-state index in [1.165, 1.54) is 12.8 Å². The highest BCUT2D eigenvalue weighted by molar-refractivity contribution is 5.73. The van der Waals surface area contributed by atoms with Crippen molar-refractivity contribution in [3.63, 3.8) is 0 Å². The first-order valence-electron chi connectivity index (χ1n) is 8.88. The molecular weight excluding hydrogens is 278 g/mol. The first kappa shape index (κ1) is 17.5. The van der Waals surface area contributed by atoms with E-state index in [2.05, 4.69) is 24.1 Å². The Kier molecular flexibility index (Phi) is 6.50. The van der Waals surface area contributed by atoms with Crippen LogP contribution in [-0.4, -0.2) is 66.3 Å². The van der Waals surface area contributed by atoms with Crippen molar-refractivity contribution in [3.8, 4) is 0 Å². The Balaban J connectivity index is 1.67. The molecule has 2 aliphatic rings. The summed E-state index contributed by atoms with van der Waals surface area (Å²) in [6, 6.07) is 0.373. The van der Waals surface area contributed by atoms with E-state index in [1.807, 2.05) is 7.05 Å². The maximum Gasteiger partial charge on any atom is 0.317 e. The molecule has 0 aromatic rings. The molecule has 2 amide bonds. The van der Waals surface area contributed by atoms with E-state index in [9.17, 15) is 9.90 Å². The molecule has 1 saturated heterocycles. The van der Waals surface area contributed by atoms with Crippen LogP contribution >= 0.6 is 0 Å². The van der Waals surface area contributed by atoms with Crippen molar-refractivity contribution in [1.82, 2.24) is 15.1 Å². The van der Waals surface area contributed by atoms with Crippen LogP contribution in [0.1, 0.15) is 46.0 Å². The summed E-state index contributed by atoms with van der Waals surface area (Å²) in [6.45, 7) is 8.14. The Hall–Kier alpha value is -0.810. The third-order valence-corrected chi connectivity index (χ3v) is 5.46. The van der Waals surface area contributed by atoms with E-state index in [4.69, 9.17) is 0 Å². The van der Waals surface area contributed by atoms with Crippen molar-refractivity contribution < 1.29 is 9.90 Å². The lowest BCUT2D eigenvalue weighted by atomic mass is 9.98. The highest BCUT2D eigenvalue weighted by atomic mass is 16.3. The highest BCUT2D eigenvalue weighted by Crippen LogP contribution is 2.26. The summed E-state index contributed by atoms with van der Waals surface area (Å²) in [6.07, 6.45) is 5.27. The number of urea groups is 1. The molecule has 5 heteroatoms. The standard InChI is InChI=1S/C17H33N3O2/c1-13-7-9-20(10-8-13)14(2)11-18-17(22)19(3)12-15-5-4-6-16(15)21/h13-16,21H,4-12H2,1-3H3,(H,18,22). The Morgan fingerprint density at radius 2 is 2.00 bits per heavy atom. The van der Waals surface area contributed by atoms with Crippen molar-refractivity contribution >= 4 is 6.03 Å². The lowest BCUT2D eigenvalue weighted by Crippen LogP contribution is -2.48. The molecule has 2 fully saturated rings. The van der Waals surface area contributed by atoms with Gasteiger partial charge in [0.15, 0.2) is 0 Å². The number of likely N-dealkylation sites (tertiary alicyclic amines) is 1. The van der Waals surface area contributed by atoms with Crippen LogP contribution in [-0.2, 0) is 0 Å². The topological polar surface area (TPSA) is 55.8 Å². The summed E-state index contributed by atoms with van der Waals surface area (Å²) in [7, 11) is 1.83. The molecule has 0 bridgehead atoms. The van der Waals surface area contributed by atoms with Crippen molar-refractivity contribution in [3.05, 3.63) is 0 Å². The van der Waals surface area contributed by atoms with E-state index in [1.54, 1.807) is 4.90 Å². The number of carbonyl (C=O) groups excluding carboxylic acids is 1. The monoisotopic (exact) mass is 311 g/mol. The molecule has 5 nitrogen and oxygen atoms in total. The maximum absolute atomic E-state index is 12.2. The van der Waals surface area contributed by atoms with Gasteiger partial charge in [-0.05, 0) is 51.6 Å². The molecule has 2 rings (SSSR count). The first-order valence-corrected chi connectivity index (χ1v) is 8.88. The van der Waals surface area contributed by atoms with Crippen molar-refractivity contribution in [2.75, 3.05) is 33.2 Å². The van der Waals surface area contributed by atoms with Gasteiger partial charge in [-0.2, -0.15) is 0 Å². The van der Waals surface area contributed by atoms with Gasteiger partial charge in [-0.1, -0.05) is 13.3 Å². The summed E-state index contributed by atoms with van der Waals surface area (Å²) in [5.74, 6) is 1.08. The van der Waals surface area contributed by atoms with Crippen molar-refractivity contribution in [2.45, 2.75) is 58.1 Å². The zero-order chi connectivity index (χ0) is 16.1. The van der Waals surface area contributed by atoms with Gasteiger partial charge in [0, 0.05) is 32.1 Å². The highest BCUT2D eigenvalue weighted by Gasteiger charge is 2.27. The molecule has 0 aromatic carbocycles. The molecule has 3 atom stereocenters. The van der Waals surface area contributed by atoms with Crippen LogP contribution < -0.4 is 5.32 Å². The van der Waals surface area contributed by atoms with Crippen LogP contribution in [0, 0.1) is 11.8 Å². The van der Waals surface area contributed by atoms with Crippen LogP contribution in [0.25, 0.3) is 0 Å². The minimum atomic E-state index is -0.232. The van der Waals surface area contributed by atoms with Crippen LogP contribution in [0.3, 0.4) is 0 Å². The predicted octanol–water partition coefficient (Wildman–Crippen LogP) is 1.91. The fourth-order valence-corrected chi connectivity index (χ4v) is 3.63. The van der Waals surface area contributed by atoms with Gasteiger partial charge in [0.25, 0.3) is 0 Å². The minimum absolute atomic E-state index is 0.0173. The number of hydrogen-bond donors (Lipinski definition) is 2. The molecule has 0 spiro atoms. The fraction of sp³-hybridized carbons (Fsp3) is 0.941. The molecule has 1 aliphatic carbocycles. The molecule has 0 aromatic heterocycles. The molecule has 1 saturated carbocycles. The predicted molar refractivity (Wildman–Crippen MR) is 88.8 cm³/mol. The minimum Gasteiger partial charge on any atom is -0.393 e. The van der Waals surface area contributed by atoms with Gasteiger partial charge >= 0.3 is 6.03 Å². The van der Waals surface area contributed by atoms with Gasteiger partial charge in [-0.3, -0.25) is 4.90 Å². The fourth-order valence-electron chi connectivity index (χ4n) is 3.63. The normalized spacial score (nSPS) is 28.5. The molecule has 1 aliphatic heterocycles. The van der Waals surface area contributed by atoms with Crippen LogP contribution in [0.15, 0.2) is 0 Å². The second-order valence-corrected chi connectivity index (χ2v) is 7.39. The summed E-state index contributed by atoms with van der Waals surface area (Å²) in [5.41, 5.74) is 0. The van der Waals surface area contributed by atoms with Gasteiger partial charge in [-0.15, -0.1) is 0 Å². The maximum atomic E-state index is 12.2. The largest absolute Gasteiger partial charge is 0.393 e. The van der Waals surface area contributed by atoms with Crippen molar-refractivity contribution in [1.29, 1.82) is 0 Å². The first-order chi connectivity index (χ1) is 10.5. The lowest BCUT2D eigenvalue weighted by Gasteiger charge is -2.35. The van der Waals surface area contributed by atoms with Gasteiger partial charge in [0.05, 0.1) is 6.10 Å². The van der Waals surface area contributed by atoms with Gasteiger partial charge in [-0.25, -0.2) is 4.79 Å². The van der Waals surface area contributed by atoms with Crippen LogP contribution in [0.4, 0.5) is 4.79 Å². The third-order valence-electron chi connectivity index (χ3n) is 5.46. The molecular formula is C17H33N3O2. The zero-order valence-electron chi connectivity index (χ0n) is 14.4. The zero-order valence-corrected chi connectivity index (χ0v) is 14.4. The van der Waals surface area contributed by atoms with E-state index in [-0.39, 0.29) is 18.1 Å². The number of amides is 2. The number of carbonyl (C=O) groups is 1. The number of nitrogens with one attached hydrogen (secondary N) is 1. The molecule has 3 unspecified atom stereocenters. The summed E-state index contributed by atoms with van der Waals surface area (Å²) in [4.78, 5) is 16.4. The van der Waals surface area contributed by atoms with Gasteiger partial charge in [0.1, 0.15) is 0 Å². The van der Waals surface area contributed by atoms with E-state index in [0.717, 1.165) is 38.3 Å². The molecule has 128 valence electrons. The van der Waals surface area contributed by atoms with Crippen LogP contribution in [0.5, 0.6) is 0 Å². The van der Waals surface area contributed by atoms with Gasteiger partial charge in [0.2, 0.25) is 0 Å². The summed E-state index contributed by atoms with van der Waals surface area (Å²) >= 11 is 0. The number of piperidine rings is 1. The number of nitrogens with zero attached hydrogens (tertiary/aromatic N) is 2. The lowest BCUT2D eigenvalue weighted by molar-refractivity contribution is 0.112. The Morgan fingerprint density at radius 3 is 2.59 bits per heavy atom. The Morgan fingerprint density at radius 1 is 1.32 bits per heavy atom.